The SMILES string of the molecule is C=Cn1c(C(C)C)cnc1C=NC. The second kappa shape index (κ2) is 4.03. The minimum Gasteiger partial charge on any atom is -0.303 e. The molecule has 0 radical (unpaired) electrons. The summed E-state index contributed by atoms with van der Waals surface area (Å²) in [6.45, 7) is 8.01. The molecular formula is C10H15N3. The molecule has 0 spiro atoms. The predicted octanol–water partition coefficient (Wildman–Crippen LogP) is 2.16. The number of hydrogen-bond acceptors (Lipinski definition) is 2. The van der Waals surface area contributed by atoms with E-state index in [0.717, 1.165) is 11.5 Å². The van der Waals surface area contributed by atoms with Crippen LogP contribution in [0, 0.1) is 0 Å². The number of hydrogen-bond donors (Lipinski definition) is 0. The van der Waals surface area contributed by atoms with Crippen LogP contribution in [-0.4, -0.2) is 22.8 Å². The fourth-order valence-corrected chi connectivity index (χ4v) is 1.23. The zero-order valence-corrected chi connectivity index (χ0v) is 8.36. The Hall–Kier alpha value is -1.38. The van der Waals surface area contributed by atoms with Crippen molar-refractivity contribution >= 4 is 12.4 Å². The average molecular weight is 177 g/mol. The van der Waals surface area contributed by atoms with Crippen molar-refractivity contribution in [3.63, 3.8) is 0 Å². The predicted molar refractivity (Wildman–Crippen MR) is 56.2 cm³/mol. The highest BCUT2D eigenvalue weighted by Crippen LogP contribution is 2.15. The molecular weight excluding hydrogens is 162 g/mol. The molecule has 0 unspecified atom stereocenters. The molecule has 13 heavy (non-hydrogen) atoms. The fraction of sp³-hybridized carbons (Fsp3) is 0.400. The van der Waals surface area contributed by atoms with E-state index in [1.54, 1.807) is 19.5 Å². The second-order valence-electron chi connectivity index (χ2n) is 3.14. The molecule has 0 bridgehead atoms. The maximum Gasteiger partial charge on any atom is 0.154 e. The van der Waals surface area contributed by atoms with E-state index in [9.17, 15) is 0 Å². The van der Waals surface area contributed by atoms with Crippen molar-refractivity contribution in [2.75, 3.05) is 7.05 Å². The van der Waals surface area contributed by atoms with E-state index in [-0.39, 0.29) is 0 Å². The third-order valence-corrected chi connectivity index (χ3v) is 1.87. The monoisotopic (exact) mass is 177 g/mol. The summed E-state index contributed by atoms with van der Waals surface area (Å²) in [6, 6.07) is 0. The summed E-state index contributed by atoms with van der Waals surface area (Å²) in [7, 11) is 1.73. The standard InChI is InChI=1S/C10H15N3/c1-5-13-9(8(2)3)6-12-10(13)7-11-4/h5-8H,1H2,2-4H3. The van der Waals surface area contributed by atoms with E-state index in [1.807, 2.05) is 10.8 Å². The van der Waals surface area contributed by atoms with Gasteiger partial charge in [0, 0.05) is 25.1 Å². The van der Waals surface area contributed by atoms with Crippen molar-refractivity contribution in [1.82, 2.24) is 9.55 Å². The largest absolute Gasteiger partial charge is 0.303 e. The van der Waals surface area contributed by atoms with Crippen molar-refractivity contribution in [3.8, 4) is 0 Å². The van der Waals surface area contributed by atoms with Crippen molar-refractivity contribution < 1.29 is 0 Å². The minimum absolute atomic E-state index is 0.449. The normalized spacial score (nSPS) is 11.4. The highest BCUT2D eigenvalue weighted by Gasteiger charge is 2.08. The minimum atomic E-state index is 0.449. The van der Waals surface area contributed by atoms with Crippen molar-refractivity contribution in [2.45, 2.75) is 19.8 Å². The van der Waals surface area contributed by atoms with Crippen LogP contribution in [0.1, 0.15) is 31.3 Å². The summed E-state index contributed by atoms with van der Waals surface area (Å²) in [4.78, 5) is 8.17. The van der Waals surface area contributed by atoms with Crippen LogP contribution in [0.15, 0.2) is 17.8 Å². The van der Waals surface area contributed by atoms with Gasteiger partial charge in [-0.25, -0.2) is 4.98 Å². The number of imidazole rings is 1. The maximum absolute atomic E-state index is 4.24. The van der Waals surface area contributed by atoms with Gasteiger partial charge in [0.15, 0.2) is 5.82 Å². The van der Waals surface area contributed by atoms with Gasteiger partial charge >= 0.3 is 0 Å². The van der Waals surface area contributed by atoms with E-state index in [1.165, 1.54) is 0 Å². The maximum atomic E-state index is 4.24. The molecule has 1 aromatic heterocycles. The second-order valence-corrected chi connectivity index (χ2v) is 3.14. The molecule has 1 heterocycles. The lowest BCUT2D eigenvalue weighted by molar-refractivity contribution is 0.801. The zero-order chi connectivity index (χ0) is 9.84. The molecule has 0 N–H and O–H groups in total. The smallest absolute Gasteiger partial charge is 0.154 e. The van der Waals surface area contributed by atoms with Crippen LogP contribution in [0.3, 0.4) is 0 Å². The van der Waals surface area contributed by atoms with Crippen molar-refractivity contribution in [1.29, 1.82) is 0 Å². The van der Waals surface area contributed by atoms with Crippen molar-refractivity contribution in [3.05, 3.63) is 24.3 Å². The molecule has 0 fully saturated rings. The highest BCUT2D eigenvalue weighted by atomic mass is 15.1. The van der Waals surface area contributed by atoms with Gasteiger partial charge in [0.2, 0.25) is 0 Å². The first-order valence-electron chi connectivity index (χ1n) is 4.32. The van der Waals surface area contributed by atoms with Gasteiger partial charge in [-0.1, -0.05) is 20.4 Å². The first-order valence-corrected chi connectivity index (χ1v) is 4.32. The topological polar surface area (TPSA) is 30.2 Å². The van der Waals surface area contributed by atoms with Gasteiger partial charge in [0.05, 0.1) is 6.21 Å². The van der Waals surface area contributed by atoms with Crippen LogP contribution >= 0.6 is 0 Å². The van der Waals surface area contributed by atoms with Gasteiger partial charge in [-0.2, -0.15) is 0 Å². The van der Waals surface area contributed by atoms with Gasteiger partial charge < -0.3 is 4.57 Å². The molecule has 3 nitrogen and oxygen atoms in total. The van der Waals surface area contributed by atoms with Gasteiger partial charge in [0.1, 0.15) is 0 Å². The molecule has 0 aromatic carbocycles. The van der Waals surface area contributed by atoms with Crippen LogP contribution < -0.4 is 0 Å². The fourth-order valence-electron chi connectivity index (χ4n) is 1.23. The first-order chi connectivity index (χ1) is 6.20. The summed E-state index contributed by atoms with van der Waals surface area (Å²) in [6.07, 6.45) is 5.36. The summed E-state index contributed by atoms with van der Waals surface area (Å²) < 4.78 is 1.96. The van der Waals surface area contributed by atoms with Gasteiger partial charge in [0.25, 0.3) is 0 Å². The summed E-state index contributed by atoms with van der Waals surface area (Å²) in [5.41, 5.74) is 1.16. The molecule has 1 aromatic rings. The molecule has 0 saturated carbocycles. The van der Waals surface area contributed by atoms with Gasteiger partial charge in [-0.05, 0) is 5.92 Å². The average Bonchev–Trinajstić information content (AvgIpc) is 2.48. The Balaban J connectivity index is 3.17. The van der Waals surface area contributed by atoms with E-state index in [2.05, 4.69) is 30.4 Å². The van der Waals surface area contributed by atoms with E-state index in [0.29, 0.717) is 5.92 Å². The number of aliphatic imine (C=N–C) groups is 1. The summed E-state index contributed by atoms with van der Waals surface area (Å²) in [5.74, 6) is 1.28. The van der Waals surface area contributed by atoms with Gasteiger partial charge in [-0.3, -0.25) is 4.99 Å². The van der Waals surface area contributed by atoms with E-state index < -0.39 is 0 Å². The van der Waals surface area contributed by atoms with Crippen LogP contribution in [0.2, 0.25) is 0 Å². The molecule has 3 heteroatoms. The van der Waals surface area contributed by atoms with Crippen LogP contribution in [0.4, 0.5) is 0 Å². The van der Waals surface area contributed by atoms with Crippen LogP contribution in [0.25, 0.3) is 6.20 Å². The Morgan fingerprint density at radius 3 is 2.77 bits per heavy atom. The highest BCUT2D eigenvalue weighted by molar-refractivity contribution is 5.76. The third-order valence-electron chi connectivity index (χ3n) is 1.87. The molecule has 0 aliphatic heterocycles. The van der Waals surface area contributed by atoms with E-state index >= 15 is 0 Å². The Bertz CT molecular complexity index is 321. The summed E-state index contributed by atoms with van der Waals surface area (Å²) in [5, 5.41) is 0. The lowest BCUT2D eigenvalue weighted by atomic mass is 10.1. The lowest BCUT2D eigenvalue weighted by Gasteiger charge is -2.06. The Kier molecular flexibility index (Phi) is 3.01. The number of rotatable bonds is 3. The quantitative estimate of drug-likeness (QED) is 0.651. The molecule has 70 valence electrons. The molecule has 0 aliphatic rings. The van der Waals surface area contributed by atoms with E-state index in [4.69, 9.17) is 0 Å². The molecule has 1 rings (SSSR count). The summed E-state index contributed by atoms with van der Waals surface area (Å²) >= 11 is 0. The van der Waals surface area contributed by atoms with Crippen LogP contribution in [0.5, 0.6) is 0 Å². The lowest BCUT2D eigenvalue weighted by Crippen LogP contribution is -2.00. The number of nitrogens with zero attached hydrogens (tertiary/aromatic N) is 3. The Labute approximate surface area is 78.8 Å². The Morgan fingerprint density at radius 1 is 1.62 bits per heavy atom. The molecule has 0 atom stereocenters. The Morgan fingerprint density at radius 2 is 2.31 bits per heavy atom. The molecule has 0 saturated heterocycles. The van der Waals surface area contributed by atoms with Crippen LogP contribution in [-0.2, 0) is 0 Å². The third kappa shape index (κ3) is 1.86. The number of aromatic nitrogens is 2. The zero-order valence-electron chi connectivity index (χ0n) is 8.36. The molecule has 0 amide bonds. The van der Waals surface area contributed by atoms with Gasteiger partial charge in [-0.15, -0.1) is 0 Å². The first kappa shape index (κ1) is 9.71. The molecule has 0 aliphatic carbocycles. The van der Waals surface area contributed by atoms with Crippen molar-refractivity contribution in [2.24, 2.45) is 4.99 Å².